The summed E-state index contributed by atoms with van der Waals surface area (Å²) in [6, 6.07) is 11.6. The third-order valence-electron chi connectivity index (χ3n) is 3.46. The highest BCUT2D eigenvalue weighted by atomic mass is 79.9. The molecule has 0 saturated carbocycles. The molecule has 0 spiro atoms. The van der Waals surface area contributed by atoms with Crippen molar-refractivity contribution in [1.82, 2.24) is 4.90 Å². The number of carbonyl (C=O) groups is 1. The van der Waals surface area contributed by atoms with Crippen molar-refractivity contribution in [3.8, 4) is 0 Å². The molecule has 0 aliphatic heterocycles. The summed E-state index contributed by atoms with van der Waals surface area (Å²) in [5, 5.41) is 0. The van der Waals surface area contributed by atoms with Gasteiger partial charge in [0.05, 0.1) is 10.5 Å². The van der Waals surface area contributed by atoms with Crippen LogP contribution in [0.4, 0.5) is 10.1 Å². The summed E-state index contributed by atoms with van der Waals surface area (Å²) in [6.07, 6.45) is 0. The number of hydrogen-bond donors (Lipinski definition) is 1. The van der Waals surface area contributed by atoms with Gasteiger partial charge >= 0.3 is 0 Å². The van der Waals surface area contributed by atoms with Gasteiger partial charge in [-0.25, -0.2) is 4.39 Å². The van der Waals surface area contributed by atoms with Crippen molar-refractivity contribution in [3.05, 3.63) is 63.9 Å². The Morgan fingerprint density at radius 2 is 2.00 bits per heavy atom. The first-order chi connectivity index (χ1) is 9.90. The Labute approximate surface area is 131 Å². The predicted octanol–water partition coefficient (Wildman–Crippen LogP) is 4.00. The van der Waals surface area contributed by atoms with Crippen LogP contribution >= 0.6 is 15.9 Å². The molecule has 0 aliphatic carbocycles. The normalized spacial score (nSPS) is 12.0. The summed E-state index contributed by atoms with van der Waals surface area (Å²) in [5.74, 6) is -0.692. The fourth-order valence-corrected chi connectivity index (χ4v) is 2.30. The van der Waals surface area contributed by atoms with E-state index in [9.17, 15) is 9.18 Å². The monoisotopic (exact) mass is 350 g/mol. The fourth-order valence-electron chi connectivity index (χ4n) is 2.05. The van der Waals surface area contributed by atoms with E-state index in [0.29, 0.717) is 15.7 Å². The third-order valence-corrected chi connectivity index (χ3v) is 4.10. The maximum absolute atomic E-state index is 13.5. The molecule has 1 atom stereocenters. The summed E-state index contributed by atoms with van der Waals surface area (Å²) in [7, 11) is 1.69. The Hall–Kier alpha value is -1.88. The minimum absolute atomic E-state index is 0.160. The van der Waals surface area contributed by atoms with E-state index >= 15 is 0 Å². The Balaban J connectivity index is 2.24. The van der Waals surface area contributed by atoms with Gasteiger partial charge in [0.1, 0.15) is 5.82 Å². The van der Waals surface area contributed by atoms with Crippen molar-refractivity contribution < 1.29 is 9.18 Å². The third kappa shape index (κ3) is 3.42. The maximum atomic E-state index is 13.5. The summed E-state index contributed by atoms with van der Waals surface area (Å²) in [4.78, 5) is 14.0. The molecule has 1 amide bonds. The molecule has 0 aromatic heterocycles. The van der Waals surface area contributed by atoms with E-state index in [0.717, 1.165) is 5.56 Å². The number of nitrogens with two attached hydrogens (primary N) is 1. The first kappa shape index (κ1) is 15.5. The van der Waals surface area contributed by atoms with Gasteiger partial charge in [0.2, 0.25) is 0 Å². The van der Waals surface area contributed by atoms with Gasteiger partial charge in [-0.05, 0) is 58.7 Å². The van der Waals surface area contributed by atoms with Crippen molar-refractivity contribution in [2.24, 2.45) is 0 Å². The van der Waals surface area contributed by atoms with Gasteiger partial charge in [-0.15, -0.1) is 0 Å². The highest BCUT2D eigenvalue weighted by Crippen LogP contribution is 2.23. The van der Waals surface area contributed by atoms with Crippen molar-refractivity contribution in [2.75, 3.05) is 12.8 Å². The molecule has 2 aromatic carbocycles. The predicted molar refractivity (Wildman–Crippen MR) is 85.5 cm³/mol. The lowest BCUT2D eigenvalue weighted by Gasteiger charge is -2.25. The van der Waals surface area contributed by atoms with Crippen LogP contribution in [0.5, 0.6) is 0 Å². The van der Waals surface area contributed by atoms with E-state index in [1.807, 2.05) is 25.1 Å². The van der Waals surface area contributed by atoms with Crippen LogP contribution in [0, 0.1) is 5.82 Å². The Morgan fingerprint density at radius 1 is 1.29 bits per heavy atom. The fraction of sp³-hybridized carbons (Fsp3) is 0.188. The quantitative estimate of drug-likeness (QED) is 0.850. The molecule has 0 fully saturated rings. The van der Waals surface area contributed by atoms with Gasteiger partial charge in [0.25, 0.3) is 5.91 Å². The zero-order chi connectivity index (χ0) is 15.6. The van der Waals surface area contributed by atoms with Crippen molar-refractivity contribution in [2.45, 2.75) is 13.0 Å². The molecule has 110 valence electrons. The van der Waals surface area contributed by atoms with Crippen molar-refractivity contribution >= 4 is 27.5 Å². The topological polar surface area (TPSA) is 46.3 Å². The largest absolute Gasteiger partial charge is 0.399 e. The second-order valence-corrected chi connectivity index (χ2v) is 5.75. The second-order valence-electron chi connectivity index (χ2n) is 4.89. The minimum Gasteiger partial charge on any atom is -0.399 e. The molecule has 0 heterocycles. The standard InChI is InChI=1S/C16H16BrFN2O/c1-10(11-4-3-5-13(19)8-11)20(2)16(21)12-6-7-14(17)15(18)9-12/h3-10H,19H2,1-2H3. The smallest absolute Gasteiger partial charge is 0.254 e. The van der Waals surface area contributed by atoms with Crippen molar-refractivity contribution in [3.63, 3.8) is 0 Å². The maximum Gasteiger partial charge on any atom is 0.254 e. The van der Waals surface area contributed by atoms with E-state index in [1.165, 1.54) is 12.1 Å². The van der Waals surface area contributed by atoms with Gasteiger partial charge in [-0.3, -0.25) is 4.79 Å². The molecule has 0 saturated heterocycles. The number of anilines is 1. The first-order valence-corrected chi connectivity index (χ1v) is 7.27. The lowest BCUT2D eigenvalue weighted by molar-refractivity contribution is 0.0742. The first-order valence-electron chi connectivity index (χ1n) is 6.48. The van der Waals surface area contributed by atoms with Crippen LogP contribution in [0.1, 0.15) is 28.9 Å². The molecule has 0 radical (unpaired) electrons. The van der Waals surface area contributed by atoms with Gasteiger partial charge in [-0.2, -0.15) is 0 Å². The van der Waals surface area contributed by atoms with E-state index in [2.05, 4.69) is 15.9 Å². The molecular formula is C16H16BrFN2O. The van der Waals surface area contributed by atoms with Crippen LogP contribution in [-0.2, 0) is 0 Å². The van der Waals surface area contributed by atoms with Crippen molar-refractivity contribution in [1.29, 1.82) is 0 Å². The number of nitrogen functional groups attached to an aromatic ring is 1. The number of amides is 1. The highest BCUT2D eigenvalue weighted by molar-refractivity contribution is 9.10. The van der Waals surface area contributed by atoms with Gasteiger partial charge in [-0.1, -0.05) is 12.1 Å². The Kier molecular flexibility index (Phi) is 4.63. The van der Waals surface area contributed by atoms with E-state index in [4.69, 9.17) is 5.73 Å². The molecule has 2 aromatic rings. The number of carbonyl (C=O) groups excluding carboxylic acids is 1. The summed E-state index contributed by atoms with van der Waals surface area (Å²) < 4.78 is 13.9. The molecular weight excluding hydrogens is 335 g/mol. The zero-order valence-corrected chi connectivity index (χ0v) is 13.4. The number of hydrogen-bond acceptors (Lipinski definition) is 2. The van der Waals surface area contributed by atoms with E-state index in [1.54, 1.807) is 24.1 Å². The van der Waals surface area contributed by atoms with Crippen LogP contribution in [-0.4, -0.2) is 17.9 Å². The number of nitrogens with zero attached hydrogens (tertiary/aromatic N) is 1. The van der Waals surface area contributed by atoms with Crippen LogP contribution < -0.4 is 5.73 Å². The van der Waals surface area contributed by atoms with E-state index in [-0.39, 0.29) is 11.9 Å². The lowest BCUT2D eigenvalue weighted by Crippen LogP contribution is -2.29. The second kappa shape index (κ2) is 6.26. The molecule has 0 bridgehead atoms. The van der Waals surface area contributed by atoms with Crippen LogP contribution in [0.15, 0.2) is 46.9 Å². The average molecular weight is 351 g/mol. The van der Waals surface area contributed by atoms with Crippen LogP contribution in [0.2, 0.25) is 0 Å². The van der Waals surface area contributed by atoms with Gasteiger partial charge in [0, 0.05) is 18.3 Å². The molecule has 21 heavy (non-hydrogen) atoms. The summed E-state index contributed by atoms with van der Waals surface area (Å²) >= 11 is 3.08. The molecule has 3 nitrogen and oxygen atoms in total. The lowest BCUT2D eigenvalue weighted by atomic mass is 10.1. The zero-order valence-electron chi connectivity index (χ0n) is 11.8. The number of benzene rings is 2. The molecule has 2 N–H and O–H groups in total. The SMILES string of the molecule is CC(c1cccc(N)c1)N(C)C(=O)c1ccc(Br)c(F)c1. The number of halogens is 2. The molecule has 1 unspecified atom stereocenters. The molecule has 5 heteroatoms. The van der Waals surface area contributed by atoms with E-state index < -0.39 is 5.82 Å². The highest BCUT2D eigenvalue weighted by Gasteiger charge is 2.19. The number of rotatable bonds is 3. The minimum atomic E-state index is -0.453. The average Bonchev–Trinajstić information content (AvgIpc) is 2.47. The Morgan fingerprint density at radius 3 is 2.62 bits per heavy atom. The van der Waals surface area contributed by atoms with Gasteiger partial charge < -0.3 is 10.6 Å². The summed E-state index contributed by atoms with van der Waals surface area (Å²) in [5.41, 5.74) is 7.66. The Bertz CT molecular complexity index is 675. The molecule has 0 aliphatic rings. The van der Waals surface area contributed by atoms with Crippen LogP contribution in [0.25, 0.3) is 0 Å². The van der Waals surface area contributed by atoms with Crippen LogP contribution in [0.3, 0.4) is 0 Å². The van der Waals surface area contributed by atoms with Gasteiger partial charge in [0.15, 0.2) is 0 Å². The molecule has 2 rings (SSSR count). The summed E-state index contributed by atoms with van der Waals surface area (Å²) in [6.45, 7) is 1.90.